The van der Waals surface area contributed by atoms with E-state index in [2.05, 4.69) is 5.32 Å². The second-order valence-corrected chi connectivity index (χ2v) is 4.75. The van der Waals surface area contributed by atoms with E-state index < -0.39 is 18.6 Å². The first-order chi connectivity index (χ1) is 8.40. The van der Waals surface area contributed by atoms with E-state index in [1.165, 1.54) is 0 Å². The molecule has 18 heavy (non-hydrogen) atoms. The molecule has 1 rings (SSSR count). The maximum Gasteiger partial charge on any atom is 0.389 e. The van der Waals surface area contributed by atoms with Gasteiger partial charge in [-0.1, -0.05) is 0 Å². The monoisotopic (exact) mass is 281 g/mol. The highest BCUT2D eigenvalue weighted by Gasteiger charge is 2.25. The second kappa shape index (κ2) is 6.75. The van der Waals surface area contributed by atoms with Crippen LogP contribution in [0.5, 0.6) is 0 Å². The number of carboxylic acid groups (broad SMARTS) is 1. The topological polar surface area (TPSA) is 49.3 Å². The Morgan fingerprint density at radius 1 is 1.39 bits per heavy atom. The number of thiophene rings is 1. The number of rotatable bonds is 7. The molecule has 0 saturated heterocycles. The lowest BCUT2D eigenvalue weighted by atomic mass is 10.2. The first-order valence-corrected chi connectivity index (χ1v) is 6.35. The number of alkyl halides is 3. The Kier molecular flexibility index (Phi) is 5.61. The molecule has 3 nitrogen and oxygen atoms in total. The zero-order chi connectivity index (χ0) is 13.6. The fourth-order valence-electron chi connectivity index (χ4n) is 1.46. The van der Waals surface area contributed by atoms with E-state index in [0.717, 1.165) is 11.3 Å². The fourth-order valence-corrected chi connectivity index (χ4v) is 2.22. The average molecular weight is 281 g/mol. The summed E-state index contributed by atoms with van der Waals surface area (Å²) < 4.78 is 35.5. The Morgan fingerprint density at radius 2 is 2.11 bits per heavy atom. The van der Waals surface area contributed by atoms with Gasteiger partial charge in [-0.15, -0.1) is 11.3 Å². The van der Waals surface area contributed by atoms with Crippen LogP contribution in [-0.2, 0) is 6.54 Å². The van der Waals surface area contributed by atoms with E-state index in [1.807, 2.05) is 0 Å². The van der Waals surface area contributed by atoms with Gasteiger partial charge in [-0.2, -0.15) is 13.2 Å². The summed E-state index contributed by atoms with van der Waals surface area (Å²) in [5.41, 5.74) is 0.670. The number of hydrogen-bond donors (Lipinski definition) is 2. The fraction of sp³-hybridized carbons (Fsp3) is 0.545. The van der Waals surface area contributed by atoms with Gasteiger partial charge in [0.05, 0.1) is 0 Å². The number of carboxylic acids is 1. The van der Waals surface area contributed by atoms with Crippen LogP contribution in [0, 0.1) is 0 Å². The molecule has 7 heteroatoms. The predicted molar refractivity (Wildman–Crippen MR) is 62.9 cm³/mol. The van der Waals surface area contributed by atoms with Crippen LogP contribution in [0.25, 0.3) is 0 Å². The molecular weight excluding hydrogens is 267 g/mol. The van der Waals surface area contributed by atoms with Crippen molar-refractivity contribution in [2.45, 2.75) is 32.0 Å². The molecule has 0 amide bonds. The van der Waals surface area contributed by atoms with Gasteiger partial charge in [-0.05, 0) is 36.4 Å². The third kappa shape index (κ3) is 5.50. The van der Waals surface area contributed by atoms with Crippen LogP contribution in [0.3, 0.4) is 0 Å². The van der Waals surface area contributed by atoms with E-state index in [0.29, 0.717) is 25.1 Å². The lowest BCUT2D eigenvalue weighted by Crippen LogP contribution is -2.16. The smallest absolute Gasteiger partial charge is 0.389 e. The van der Waals surface area contributed by atoms with Crippen LogP contribution in [0.4, 0.5) is 13.2 Å². The molecule has 0 atom stereocenters. The Bertz CT molecular complexity index is 390. The summed E-state index contributed by atoms with van der Waals surface area (Å²) in [6.45, 7) is 0.822. The summed E-state index contributed by atoms with van der Waals surface area (Å²) in [4.78, 5) is 11.1. The highest BCUT2D eigenvalue weighted by Crippen LogP contribution is 2.22. The minimum absolute atomic E-state index is 0.0892. The summed E-state index contributed by atoms with van der Waals surface area (Å²) in [5.74, 6) is -0.973. The zero-order valence-corrected chi connectivity index (χ0v) is 10.4. The maximum atomic E-state index is 11.8. The summed E-state index contributed by atoms with van der Waals surface area (Å²) >= 11 is 1.14. The molecular formula is C11H14F3NO2S. The van der Waals surface area contributed by atoms with Crippen molar-refractivity contribution in [1.82, 2.24) is 5.32 Å². The molecule has 0 aliphatic carbocycles. The summed E-state index contributed by atoms with van der Waals surface area (Å²) in [6, 6.07) is 1.71. The normalized spacial score (nSPS) is 11.7. The third-order valence-corrected chi connectivity index (χ3v) is 3.26. The van der Waals surface area contributed by atoms with Crippen molar-refractivity contribution < 1.29 is 23.1 Å². The summed E-state index contributed by atoms with van der Waals surface area (Å²) in [7, 11) is 0. The molecule has 102 valence electrons. The Labute approximate surface area is 107 Å². The lowest BCUT2D eigenvalue weighted by Gasteiger charge is -2.06. The summed E-state index contributed by atoms with van der Waals surface area (Å²) in [5, 5.41) is 13.5. The standard InChI is InChI=1S/C11H14F3NO2S/c12-11(13,14)4-1-2-5-15-7-8-3-6-18-9(8)10(16)17/h3,6,15H,1-2,4-5,7H2,(H,16,17). The highest BCUT2D eigenvalue weighted by atomic mass is 32.1. The lowest BCUT2D eigenvalue weighted by molar-refractivity contribution is -0.135. The van der Waals surface area contributed by atoms with Crippen molar-refractivity contribution in [2.24, 2.45) is 0 Å². The molecule has 0 unspecified atom stereocenters. The number of hydrogen-bond acceptors (Lipinski definition) is 3. The minimum atomic E-state index is -4.09. The second-order valence-electron chi connectivity index (χ2n) is 3.83. The molecule has 0 aliphatic rings. The Morgan fingerprint density at radius 3 is 2.72 bits per heavy atom. The molecule has 1 aromatic rings. The van der Waals surface area contributed by atoms with Crippen molar-refractivity contribution in [2.75, 3.05) is 6.54 Å². The van der Waals surface area contributed by atoms with Crippen LogP contribution in [0.15, 0.2) is 11.4 Å². The number of aromatic carboxylic acids is 1. The number of carbonyl (C=O) groups is 1. The largest absolute Gasteiger partial charge is 0.477 e. The van der Waals surface area contributed by atoms with Crippen LogP contribution >= 0.6 is 11.3 Å². The molecule has 1 heterocycles. The third-order valence-electron chi connectivity index (χ3n) is 2.32. The Balaban J connectivity index is 2.18. The van der Waals surface area contributed by atoms with Crippen molar-refractivity contribution >= 4 is 17.3 Å². The van der Waals surface area contributed by atoms with Crippen LogP contribution < -0.4 is 5.32 Å². The van der Waals surface area contributed by atoms with Crippen molar-refractivity contribution in [1.29, 1.82) is 0 Å². The molecule has 0 bridgehead atoms. The summed E-state index contributed by atoms with van der Waals surface area (Å²) in [6.07, 6.45) is -4.35. The van der Waals surface area contributed by atoms with E-state index in [1.54, 1.807) is 11.4 Å². The maximum absolute atomic E-state index is 11.8. The van der Waals surface area contributed by atoms with Gasteiger partial charge in [0.15, 0.2) is 0 Å². The molecule has 0 aliphatic heterocycles. The van der Waals surface area contributed by atoms with Crippen molar-refractivity contribution in [3.63, 3.8) is 0 Å². The number of unbranched alkanes of at least 4 members (excludes halogenated alkanes) is 1. The predicted octanol–water partition coefficient (Wildman–Crippen LogP) is 3.27. The van der Waals surface area contributed by atoms with Crippen LogP contribution in [0.1, 0.15) is 34.5 Å². The number of nitrogens with one attached hydrogen (secondary N) is 1. The molecule has 0 radical (unpaired) electrons. The first-order valence-electron chi connectivity index (χ1n) is 5.47. The van der Waals surface area contributed by atoms with Gasteiger partial charge in [-0.3, -0.25) is 0 Å². The number of halogens is 3. The van der Waals surface area contributed by atoms with Gasteiger partial charge in [0, 0.05) is 13.0 Å². The molecule has 0 spiro atoms. The van der Waals surface area contributed by atoms with Gasteiger partial charge in [0.1, 0.15) is 4.88 Å². The van der Waals surface area contributed by atoms with Crippen LogP contribution in [-0.4, -0.2) is 23.8 Å². The molecule has 0 saturated carbocycles. The first kappa shape index (κ1) is 15.0. The average Bonchev–Trinajstić information content (AvgIpc) is 2.69. The quantitative estimate of drug-likeness (QED) is 0.754. The van der Waals surface area contributed by atoms with Gasteiger partial charge < -0.3 is 10.4 Å². The van der Waals surface area contributed by atoms with E-state index in [9.17, 15) is 18.0 Å². The van der Waals surface area contributed by atoms with Gasteiger partial charge >= 0.3 is 12.1 Å². The van der Waals surface area contributed by atoms with Gasteiger partial charge in [-0.25, -0.2) is 4.79 Å². The molecule has 1 aromatic heterocycles. The SMILES string of the molecule is O=C(O)c1sccc1CNCCCCC(F)(F)F. The van der Waals surface area contributed by atoms with Crippen molar-refractivity contribution in [3.8, 4) is 0 Å². The molecule has 0 aromatic carbocycles. The van der Waals surface area contributed by atoms with Gasteiger partial charge in [0.2, 0.25) is 0 Å². The van der Waals surface area contributed by atoms with E-state index in [-0.39, 0.29) is 11.3 Å². The zero-order valence-electron chi connectivity index (χ0n) is 9.59. The van der Waals surface area contributed by atoms with E-state index in [4.69, 9.17) is 5.11 Å². The Hall–Kier alpha value is -1.08. The van der Waals surface area contributed by atoms with Gasteiger partial charge in [0.25, 0.3) is 0 Å². The van der Waals surface area contributed by atoms with E-state index >= 15 is 0 Å². The van der Waals surface area contributed by atoms with Crippen LogP contribution in [0.2, 0.25) is 0 Å². The molecule has 2 N–H and O–H groups in total. The molecule has 0 fully saturated rings. The van der Waals surface area contributed by atoms with Crippen molar-refractivity contribution in [3.05, 3.63) is 21.9 Å². The minimum Gasteiger partial charge on any atom is -0.477 e. The highest BCUT2D eigenvalue weighted by molar-refractivity contribution is 7.12.